The van der Waals surface area contributed by atoms with Crippen molar-refractivity contribution in [3.63, 3.8) is 0 Å². The van der Waals surface area contributed by atoms with Gasteiger partial charge < -0.3 is 4.79 Å². The summed E-state index contributed by atoms with van der Waals surface area (Å²) in [5, 5.41) is 0. The van der Waals surface area contributed by atoms with Crippen LogP contribution in [0.1, 0.15) is 24.3 Å². The van der Waals surface area contributed by atoms with E-state index in [0.29, 0.717) is 5.92 Å². The van der Waals surface area contributed by atoms with E-state index in [1.807, 2.05) is 6.07 Å². The molecule has 1 aliphatic carbocycles. The molecule has 1 aromatic carbocycles. The summed E-state index contributed by atoms with van der Waals surface area (Å²) in [5.41, 5.74) is 1.03. The van der Waals surface area contributed by atoms with Crippen LogP contribution < -0.4 is 0 Å². The molecule has 1 saturated carbocycles. The van der Waals surface area contributed by atoms with Gasteiger partial charge in [-0.05, 0) is 36.5 Å². The maximum absolute atomic E-state index is 12.8. The summed E-state index contributed by atoms with van der Waals surface area (Å²) in [7, 11) is 0. The van der Waals surface area contributed by atoms with Crippen LogP contribution >= 0.6 is 0 Å². The van der Waals surface area contributed by atoms with Gasteiger partial charge in [-0.3, -0.25) is 0 Å². The lowest BCUT2D eigenvalue weighted by Gasteiger charge is -2.31. The van der Waals surface area contributed by atoms with Crippen LogP contribution in [0.4, 0.5) is 4.39 Å². The predicted octanol–water partition coefficient (Wildman–Crippen LogP) is 2.52. The zero-order valence-electron chi connectivity index (χ0n) is 7.24. The Labute approximate surface area is 76.6 Å². The number of hydrogen-bond donors (Lipinski definition) is 0. The average Bonchev–Trinajstić information content (AvgIpc) is 2.02. The Morgan fingerprint density at radius 1 is 1.38 bits per heavy atom. The van der Waals surface area contributed by atoms with Crippen LogP contribution in [0.25, 0.3) is 0 Å². The zero-order valence-corrected chi connectivity index (χ0v) is 7.24. The topological polar surface area (TPSA) is 17.1 Å². The molecule has 0 amide bonds. The Bertz CT molecular complexity index is 316. The Hall–Kier alpha value is -1.18. The summed E-state index contributed by atoms with van der Waals surface area (Å²) in [6.07, 6.45) is 2.76. The maximum Gasteiger partial charge on any atom is 0.123 e. The summed E-state index contributed by atoms with van der Waals surface area (Å²) in [6, 6.07) is 6.65. The van der Waals surface area contributed by atoms with Crippen molar-refractivity contribution in [3.8, 4) is 0 Å². The fourth-order valence-electron chi connectivity index (χ4n) is 1.81. The maximum atomic E-state index is 12.8. The van der Waals surface area contributed by atoms with Gasteiger partial charge in [0.05, 0.1) is 0 Å². The highest BCUT2D eigenvalue weighted by Crippen LogP contribution is 2.40. The first-order valence-electron chi connectivity index (χ1n) is 4.50. The number of hydrogen-bond acceptors (Lipinski definition) is 1. The number of halogens is 1. The molecular weight excluding hydrogens is 167 g/mol. The lowest BCUT2D eigenvalue weighted by Crippen LogP contribution is -2.22. The molecule has 0 atom stereocenters. The third-order valence-corrected chi connectivity index (χ3v) is 2.69. The third kappa shape index (κ3) is 1.62. The van der Waals surface area contributed by atoms with Gasteiger partial charge in [0.2, 0.25) is 0 Å². The zero-order chi connectivity index (χ0) is 9.26. The smallest absolute Gasteiger partial charge is 0.123 e. The normalized spacial score (nSPS) is 26.5. The molecule has 1 fully saturated rings. The van der Waals surface area contributed by atoms with Gasteiger partial charge in [-0.15, -0.1) is 0 Å². The van der Waals surface area contributed by atoms with Crippen molar-refractivity contribution in [3.05, 3.63) is 35.6 Å². The molecule has 0 aromatic heterocycles. The number of aldehydes is 1. The highest BCUT2D eigenvalue weighted by Gasteiger charge is 2.29. The first kappa shape index (κ1) is 8.42. The molecule has 0 N–H and O–H groups in total. The molecule has 0 unspecified atom stereocenters. The molecule has 0 saturated heterocycles. The van der Waals surface area contributed by atoms with Gasteiger partial charge in [0.1, 0.15) is 12.1 Å². The molecule has 1 nitrogen and oxygen atoms in total. The monoisotopic (exact) mass is 178 g/mol. The van der Waals surface area contributed by atoms with Crippen LogP contribution in [-0.4, -0.2) is 6.29 Å². The second-order valence-electron chi connectivity index (χ2n) is 3.62. The molecule has 0 radical (unpaired) electrons. The number of benzene rings is 1. The summed E-state index contributed by atoms with van der Waals surface area (Å²) in [5.74, 6) is 0.409. The highest BCUT2D eigenvalue weighted by atomic mass is 19.1. The molecule has 0 heterocycles. The lowest BCUT2D eigenvalue weighted by molar-refractivity contribution is -0.113. The Morgan fingerprint density at radius 3 is 2.77 bits per heavy atom. The van der Waals surface area contributed by atoms with E-state index >= 15 is 0 Å². The number of carbonyl (C=O) groups is 1. The van der Waals surface area contributed by atoms with Gasteiger partial charge in [0, 0.05) is 5.92 Å². The van der Waals surface area contributed by atoms with E-state index in [4.69, 9.17) is 0 Å². The quantitative estimate of drug-likeness (QED) is 0.636. The highest BCUT2D eigenvalue weighted by molar-refractivity contribution is 5.56. The van der Waals surface area contributed by atoms with Crippen LogP contribution in [0.2, 0.25) is 0 Å². The minimum Gasteiger partial charge on any atom is -0.303 e. The molecule has 2 rings (SSSR count). The van der Waals surface area contributed by atoms with Crippen molar-refractivity contribution >= 4 is 6.29 Å². The molecule has 0 aliphatic heterocycles. The van der Waals surface area contributed by atoms with E-state index in [9.17, 15) is 9.18 Å². The second kappa shape index (κ2) is 3.29. The number of rotatable bonds is 2. The molecule has 0 spiro atoms. The summed E-state index contributed by atoms with van der Waals surface area (Å²) in [4.78, 5) is 10.4. The first-order valence-corrected chi connectivity index (χ1v) is 4.50. The summed E-state index contributed by atoms with van der Waals surface area (Å²) in [6.45, 7) is 0. The van der Waals surface area contributed by atoms with Crippen LogP contribution in [0.15, 0.2) is 24.3 Å². The van der Waals surface area contributed by atoms with Gasteiger partial charge in [-0.1, -0.05) is 12.1 Å². The van der Waals surface area contributed by atoms with Gasteiger partial charge >= 0.3 is 0 Å². The summed E-state index contributed by atoms with van der Waals surface area (Å²) < 4.78 is 12.8. The van der Waals surface area contributed by atoms with Crippen LogP contribution in [0.5, 0.6) is 0 Å². The van der Waals surface area contributed by atoms with Crippen LogP contribution in [0, 0.1) is 11.7 Å². The van der Waals surface area contributed by atoms with E-state index in [1.165, 1.54) is 6.07 Å². The van der Waals surface area contributed by atoms with E-state index in [0.717, 1.165) is 24.7 Å². The van der Waals surface area contributed by atoms with Gasteiger partial charge in [-0.25, -0.2) is 4.39 Å². The van der Waals surface area contributed by atoms with Gasteiger partial charge in [0.15, 0.2) is 0 Å². The lowest BCUT2D eigenvalue weighted by atomic mass is 9.72. The Morgan fingerprint density at radius 2 is 2.15 bits per heavy atom. The van der Waals surface area contributed by atoms with Gasteiger partial charge in [0.25, 0.3) is 0 Å². The molecule has 1 aromatic rings. The fraction of sp³-hybridized carbons (Fsp3) is 0.364. The molecular formula is C11H11FO. The van der Waals surface area contributed by atoms with Crippen molar-refractivity contribution in [1.29, 1.82) is 0 Å². The minimum atomic E-state index is -0.188. The summed E-state index contributed by atoms with van der Waals surface area (Å²) >= 11 is 0. The Kier molecular flexibility index (Phi) is 2.13. The van der Waals surface area contributed by atoms with Crippen molar-refractivity contribution in [1.82, 2.24) is 0 Å². The third-order valence-electron chi connectivity index (χ3n) is 2.69. The minimum absolute atomic E-state index is 0.188. The fourth-order valence-corrected chi connectivity index (χ4v) is 1.81. The van der Waals surface area contributed by atoms with Crippen molar-refractivity contribution in [2.45, 2.75) is 18.8 Å². The Balaban J connectivity index is 2.07. The largest absolute Gasteiger partial charge is 0.303 e. The molecule has 0 bridgehead atoms. The molecule has 68 valence electrons. The van der Waals surface area contributed by atoms with Crippen molar-refractivity contribution < 1.29 is 9.18 Å². The number of carbonyl (C=O) groups excluding carboxylic acids is 1. The van der Waals surface area contributed by atoms with Crippen molar-refractivity contribution in [2.24, 2.45) is 5.92 Å². The standard InChI is InChI=1S/C11H11FO/c12-11-3-1-2-9(6-11)10-4-8(5-10)7-13/h1-3,6-8,10H,4-5H2. The average molecular weight is 178 g/mol. The van der Waals surface area contributed by atoms with Gasteiger partial charge in [-0.2, -0.15) is 0 Å². The first-order chi connectivity index (χ1) is 6.29. The van der Waals surface area contributed by atoms with Crippen LogP contribution in [-0.2, 0) is 4.79 Å². The second-order valence-corrected chi connectivity index (χ2v) is 3.62. The predicted molar refractivity (Wildman–Crippen MR) is 47.9 cm³/mol. The molecule has 1 aliphatic rings. The van der Waals surface area contributed by atoms with E-state index in [1.54, 1.807) is 12.1 Å². The van der Waals surface area contributed by atoms with E-state index < -0.39 is 0 Å². The molecule has 2 heteroatoms. The van der Waals surface area contributed by atoms with E-state index in [-0.39, 0.29) is 11.7 Å². The van der Waals surface area contributed by atoms with E-state index in [2.05, 4.69) is 0 Å². The van der Waals surface area contributed by atoms with Crippen molar-refractivity contribution in [2.75, 3.05) is 0 Å². The SMILES string of the molecule is O=CC1CC(c2cccc(F)c2)C1. The van der Waals surface area contributed by atoms with Crippen LogP contribution in [0.3, 0.4) is 0 Å². The molecule has 13 heavy (non-hydrogen) atoms.